The number of β-lactam (4-membered cyclic amide) rings is 1. The Balaban J connectivity index is 2.12. The zero-order chi connectivity index (χ0) is 15.5. The molecule has 0 bridgehead atoms. The van der Waals surface area contributed by atoms with E-state index in [9.17, 15) is 4.79 Å². The molecule has 4 heteroatoms. The van der Waals surface area contributed by atoms with Crippen molar-refractivity contribution in [2.75, 3.05) is 6.54 Å². The summed E-state index contributed by atoms with van der Waals surface area (Å²) in [6.07, 6.45) is -0.0488. The minimum atomic E-state index is -1.85. The van der Waals surface area contributed by atoms with Crippen molar-refractivity contribution in [1.29, 1.82) is 0 Å². The monoisotopic (exact) mass is 293 g/mol. The molecule has 2 saturated heterocycles. The van der Waals surface area contributed by atoms with E-state index in [1.165, 1.54) is 0 Å². The number of hydrogen-bond acceptors (Lipinski definition) is 2. The van der Waals surface area contributed by atoms with E-state index in [0.29, 0.717) is 6.54 Å². The van der Waals surface area contributed by atoms with Gasteiger partial charge in [-0.3, -0.25) is 4.79 Å². The van der Waals surface area contributed by atoms with Gasteiger partial charge in [0.2, 0.25) is 5.91 Å². The van der Waals surface area contributed by atoms with Crippen LogP contribution in [-0.4, -0.2) is 37.8 Å². The summed E-state index contributed by atoms with van der Waals surface area (Å²) in [4.78, 5) is 14.2. The Morgan fingerprint density at radius 2 is 1.90 bits per heavy atom. The molecule has 0 saturated carbocycles. The molecule has 0 unspecified atom stereocenters. The number of carbonyl (C=O) groups is 1. The quantitative estimate of drug-likeness (QED) is 0.590. The van der Waals surface area contributed by atoms with Gasteiger partial charge in [-0.15, -0.1) is 0 Å². The van der Waals surface area contributed by atoms with Crippen LogP contribution >= 0.6 is 0 Å². The summed E-state index contributed by atoms with van der Waals surface area (Å²) < 4.78 is 6.39. The Morgan fingerprint density at radius 3 is 2.40 bits per heavy atom. The van der Waals surface area contributed by atoms with Crippen LogP contribution in [-0.2, 0) is 9.22 Å². The highest BCUT2D eigenvalue weighted by atomic mass is 28.4. The highest BCUT2D eigenvalue weighted by Crippen LogP contribution is 2.45. The highest BCUT2D eigenvalue weighted by molar-refractivity contribution is 6.74. The molecule has 2 rings (SSSR count). The predicted molar refractivity (Wildman–Crippen MR) is 85.0 cm³/mol. The van der Waals surface area contributed by atoms with Gasteiger partial charge in [0, 0.05) is 6.54 Å². The van der Waals surface area contributed by atoms with Crippen LogP contribution in [0.1, 0.15) is 27.7 Å². The zero-order valence-electron chi connectivity index (χ0n) is 13.6. The van der Waals surface area contributed by atoms with Crippen LogP contribution in [0.3, 0.4) is 0 Å². The molecule has 1 amide bonds. The van der Waals surface area contributed by atoms with Crippen molar-refractivity contribution in [3.8, 4) is 0 Å². The van der Waals surface area contributed by atoms with E-state index in [1.54, 1.807) is 0 Å². The first-order valence-electron chi connectivity index (χ1n) is 7.32. The molecule has 3 atom stereocenters. The molecule has 2 heterocycles. The summed E-state index contributed by atoms with van der Waals surface area (Å²) in [6.45, 7) is 21.9. The number of nitrogens with zero attached hydrogens (tertiary/aromatic N) is 1. The Morgan fingerprint density at radius 1 is 1.35 bits per heavy atom. The van der Waals surface area contributed by atoms with Crippen molar-refractivity contribution in [3.63, 3.8) is 0 Å². The van der Waals surface area contributed by atoms with Crippen molar-refractivity contribution in [2.45, 2.75) is 58.0 Å². The average molecular weight is 293 g/mol. The van der Waals surface area contributed by atoms with Gasteiger partial charge in [-0.1, -0.05) is 33.9 Å². The first-order valence-corrected chi connectivity index (χ1v) is 10.2. The number of carbonyl (C=O) groups excluding carboxylic acids is 1. The van der Waals surface area contributed by atoms with Crippen molar-refractivity contribution in [2.24, 2.45) is 5.92 Å². The lowest BCUT2D eigenvalue weighted by Gasteiger charge is -2.48. The maximum absolute atomic E-state index is 12.3. The molecule has 112 valence electrons. The van der Waals surface area contributed by atoms with E-state index in [0.717, 1.165) is 11.1 Å². The lowest BCUT2D eigenvalue weighted by Crippen LogP contribution is -2.63. The van der Waals surface area contributed by atoms with E-state index in [-0.39, 0.29) is 29.0 Å². The smallest absolute Gasteiger partial charge is 0.231 e. The molecule has 3 nitrogen and oxygen atoms in total. The third kappa shape index (κ3) is 2.19. The van der Waals surface area contributed by atoms with E-state index in [1.807, 2.05) is 11.8 Å². The largest absolute Gasteiger partial charge is 0.413 e. The number of fused-ring (bicyclic) bond motifs is 1. The SMILES string of the molecule is C=C1CN2C(=O)[C@H]([C@@H](C)O[Si](C)(C)C(C)(C)C)[C@H]2C1=C. The first-order chi connectivity index (χ1) is 8.97. The van der Waals surface area contributed by atoms with Gasteiger partial charge in [-0.2, -0.15) is 0 Å². The maximum atomic E-state index is 12.3. The van der Waals surface area contributed by atoms with Gasteiger partial charge in [0.25, 0.3) is 0 Å². The molecular weight excluding hydrogens is 266 g/mol. The molecule has 2 aliphatic heterocycles. The van der Waals surface area contributed by atoms with E-state index < -0.39 is 8.32 Å². The molecule has 0 aromatic rings. The molecule has 0 radical (unpaired) electrons. The molecule has 0 aromatic carbocycles. The van der Waals surface area contributed by atoms with Crippen molar-refractivity contribution in [1.82, 2.24) is 4.90 Å². The van der Waals surface area contributed by atoms with Gasteiger partial charge in [-0.25, -0.2) is 0 Å². The van der Waals surface area contributed by atoms with Crippen LogP contribution in [0.15, 0.2) is 24.3 Å². The van der Waals surface area contributed by atoms with Crippen LogP contribution in [0.2, 0.25) is 18.1 Å². The summed E-state index contributed by atoms with van der Waals surface area (Å²) in [5, 5.41) is 0.157. The molecule has 0 aliphatic carbocycles. The van der Waals surface area contributed by atoms with Crippen LogP contribution in [0.5, 0.6) is 0 Å². The summed E-state index contributed by atoms with van der Waals surface area (Å²) >= 11 is 0. The topological polar surface area (TPSA) is 29.5 Å². The lowest BCUT2D eigenvalue weighted by atomic mass is 9.82. The fraction of sp³-hybridized carbons (Fsp3) is 0.688. The second-order valence-corrected chi connectivity index (χ2v) is 12.4. The Bertz CT molecular complexity index is 475. The number of amides is 1. The van der Waals surface area contributed by atoms with E-state index >= 15 is 0 Å². The van der Waals surface area contributed by atoms with E-state index in [2.05, 4.69) is 47.0 Å². The molecule has 0 aromatic heterocycles. The van der Waals surface area contributed by atoms with Crippen molar-refractivity contribution < 1.29 is 9.22 Å². The van der Waals surface area contributed by atoms with Crippen LogP contribution in [0.25, 0.3) is 0 Å². The van der Waals surface area contributed by atoms with Gasteiger partial charge < -0.3 is 9.33 Å². The van der Waals surface area contributed by atoms with Gasteiger partial charge in [0.1, 0.15) is 0 Å². The van der Waals surface area contributed by atoms with Crippen LogP contribution in [0, 0.1) is 5.92 Å². The minimum Gasteiger partial charge on any atom is -0.413 e. The summed E-state index contributed by atoms with van der Waals surface area (Å²) in [5.74, 6) is 0.122. The summed E-state index contributed by atoms with van der Waals surface area (Å²) in [5.41, 5.74) is 2.01. The molecule has 2 aliphatic rings. The predicted octanol–water partition coefficient (Wildman–Crippen LogP) is 3.35. The second kappa shape index (κ2) is 4.57. The van der Waals surface area contributed by atoms with Gasteiger partial charge in [-0.05, 0) is 36.2 Å². The number of rotatable bonds is 3. The van der Waals surface area contributed by atoms with Crippen molar-refractivity contribution >= 4 is 14.2 Å². The Labute approximate surface area is 123 Å². The Kier molecular flexibility index (Phi) is 3.54. The Hall–Kier alpha value is -0.873. The fourth-order valence-electron chi connectivity index (χ4n) is 2.85. The standard InChI is InChI=1S/C16H27NO2Si/c1-10-9-17-14(11(10)2)13(15(17)18)12(3)19-20(7,8)16(4,5)6/h12-14H,1-2,9H2,3-8H3/t12-,13-,14-/m1/s1. The lowest BCUT2D eigenvalue weighted by molar-refractivity contribution is -0.156. The fourth-order valence-corrected chi connectivity index (χ4v) is 4.27. The first kappa shape index (κ1) is 15.5. The second-order valence-electron chi connectivity index (χ2n) is 7.65. The third-order valence-corrected chi connectivity index (χ3v) is 9.78. The minimum absolute atomic E-state index is 0.0488. The third-order valence-electron chi connectivity index (χ3n) is 5.21. The normalized spacial score (nSPS) is 28.5. The summed E-state index contributed by atoms with van der Waals surface area (Å²) in [7, 11) is -1.85. The van der Waals surface area contributed by atoms with Crippen molar-refractivity contribution in [3.05, 3.63) is 24.3 Å². The molecule has 0 spiro atoms. The van der Waals surface area contributed by atoms with Crippen LogP contribution in [0.4, 0.5) is 0 Å². The molecule has 0 N–H and O–H groups in total. The average Bonchev–Trinajstić information content (AvgIpc) is 2.51. The van der Waals surface area contributed by atoms with E-state index in [4.69, 9.17) is 4.43 Å². The molecule has 20 heavy (non-hydrogen) atoms. The highest BCUT2D eigenvalue weighted by Gasteiger charge is 2.56. The van der Waals surface area contributed by atoms with Gasteiger partial charge in [0.15, 0.2) is 8.32 Å². The van der Waals surface area contributed by atoms with Crippen LogP contribution < -0.4 is 0 Å². The summed E-state index contributed by atoms with van der Waals surface area (Å²) in [6, 6.07) is 0.120. The van der Waals surface area contributed by atoms with Gasteiger partial charge >= 0.3 is 0 Å². The van der Waals surface area contributed by atoms with Gasteiger partial charge in [0.05, 0.1) is 18.1 Å². The molecule has 2 fully saturated rings. The zero-order valence-corrected chi connectivity index (χ0v) is 14.6. The number of hydrogen-bond donors (Lipinski definition) is 0. The molecular formula is C16H27NO2Si. The maximum Gasteiger partial charge on any atom is 0.231 e.